The van der Waals surface area contributed by atoms with Gasteiger partial charge in [-0.1, -0.05) is 11.3 Å². The van der Waals surface area contributed by atoms with Crippen molar-refractivity contribution >= 4 is 17.6 Å². The highest BCUT2D eigenvalue weighted by molar-refractivity contribution is 5.99. The van der Waals surface area contributed by atoms with Gasteiger partial charge in [0.15, 0.2) is 5.69 Å². The van der Waals surface area contributed by atoms with E-state index >= 15 is 0 Å². The third-order valence-electron chi connectivity index (χ3n) is 2.68. The first-order chi connectivity index (χ1) is 9.99. The third-order valence-corrected chi connectivity index (χ3v) is 2.68. The number of rotatable bonds is 5. The fourth-order valence-corrected chi connectivity index (χ4v) is 1.62. The third kappa shape index (κ3) is 3.32. The summed E-state index contributed by atoms with van der Waals surface area (Å²) in [6.07, 6.45) is 1.24. The molecular formula is C12H12FN5O3. The Morgan fingerprint density at radius 2 is 2.19 bits per heavy atom. The van der Waals surface area contributed by atoms with E-state index in [0.29, 0.717) is 0 Å². The maximum absolute atomic E-state index is 13.2. The molecule has 1 heterocycles. The Morgan fingerprint density at radius 1 is 1.43 bits per heavy atom. The van der Waals surface area contributed by atoms with Gasteiger partial charge in [-0.05, 0) is 12.1 Å². The summed E-state index contributed by atoms with van der Waals surface area (Å²) in [4.78, 5) is 22.4. The molecule has 0 atom stereocenters. The second-order valence-electron chi connectivity index (χ2n) is 4.13. The molecule has 2 rings (SSSR count). The number of nitrogens with one attached hydrogen (secondary N) is 1. The van der Waals surface area contributed by atoms with E-state index in [9.17, 15) is 14.0 Å². The van der Waals surface area contributed by atoms with Crippen LogP contribution in [0.25, 0.3) is 0 Å². The van der Waals surface area contributed by atoms with Crippen molar-refractivity contribution in [2.75, 3.05) is 12.3 Å². The van der Waals surface area contributed by atoms with Crippen LogP contribution in [0.2, 0.25) is 0 Å². The Morgan fingerprint density at radius 3 is 2.86 bits per heavy atom. The predicted molar refractivity (Wildman–Crippen MR) is 70.1 cm³/mol. The number of anilines is 1. The maximum atomic E-state index is 13.2. The lowest BCUT2D eigenvalue weighted by molar-refractivity contribution is 0.0690. The first-order valence-electron chi connectivity index (χ1n) is 5.94. The standard InChI is InChI=1S/C12H12FN5O3/c13-8-3-1-2-7(10(8)14)11(19)15-4-5-18-6-9(12(20)21)16-17-18/h1-3,6H,4-5,14H2,(H,15,19)(H,20,21). The van der Waals surface area contributed by atoms with Crippen LogP contribution in [-0.4, -0.2) is 38.5 Å². The number of para-hydroxylation sites is 1. The van der Waals surface area contributed by atoms with Gasteiger partial charge in [0, 0.05) is 6.54 Å². The normalized spacial score (nSPS) is 10.3. The van der Waals surface area contributed by atoms with Crippen molar-refractivity contribution in [3.8, 4) is 0 Å². The molecule has 0 saturated heterocycles. The highest BCUT2D eigenvalue weighted by Gasteiger charge is 2.12. The number of carboxylic acid groups (broad SMARTS) is 1. The van der Waals surface area contributed by atoms with Crippen LogP contribution in [0.15, 0.2) is 24.4 Å². The number of halogens is 1. The fourth-order valence-electron chi connectivity index (χ4n) is 1.62. The van der Waals surface area contributed by atoms with Crippen LogP contribution in [0.4, 0.5) is 10.1 Å². The summed E-state index contributed by atoms with van der Waals surface area (Å²) in [5, 5.41) is 18.2. The Labute approximate surface area is 118 Å². The summed E-state index contributed by atoms with van der Waals surface area (Å²) in [7, 11) is 0. The molecule has 0 aliphatic rings. The summed E-state index contributed by atoms with van der Waals surface area (Å²) in [6, 6.07) is 3.96. The first-order valence-corrected chi connectivity index (χ1v) is 5.94. The molecule has 1 aromatic carbocycles. The minimum atomic E-state index is -1.18. The summed E-state index contributed by atoms with van der Waals surface area (Å²) in [6.45, 7) is 0.387. The second-order valence-corrected chi connectivity index (χ2v) is 4.13. The molecule has 0 bridgehead atoms. The molecule has 4 N–H and O–H groups in total. The zero-order chi connectivity index (χ0) is 15.4. The molecule has 0 saturated carbocycles. The molecule has 0 radical (unpaired) electrons. The average Bonchev–Trinajstić information content (AvgIpc) is 2.91. The topological polar surface area (TPSA) is 123 Å². The molecule has 0 unspecified atom stereocenters. The first kappa shape index (κ1) is 14.4. The van der Waals surface area contributed by atoms with E-state index in [4.69, 9.17) is 10.8 Å². The quantitative estimate of drug-likeness (QED) is 0.673. The zero-order valence-electron chi connectivity index (χ0n) is 10.8. The van der Waals surface area contributed by atoms with E-state index in [2.05, 4.69) is 15.6 Å². The number of carboxylic acids is 1. The van der Waals surface area contributed by atoms with Gasteiger partial charge in [0.2, 0.25) is 0 Å². The van der Waals surface area contributed by atoms with Crippen molar-refractivity contribution < 1.29 is 19.1 Å². The van der Waals surface area contributed by atoms with Gasteiger partial charge in [0.05, 0.1) is 24.0 Å². The van der Waals surface area contributed by atoms with Gasteiger partial charge < -0.3 is 16.2 Å². The van der Waals surface area contributed by atoms with Crippen LogP contribution in [0, 0.1) is 5.82 Å². The SMILES string of the molecule is Nc1c(F)cccc1C(=O)NCCn1cc(C(=O)O)nn1. The van der Waals surface area contributed by atoms with E-state index in [1.165, 1.54) is 23.0 Å². The van der Waals surface area contributed by atoms with Crippen LogP contribution < -0.4 is 11.1 Å². The van der Waals surface area contributed by atoms with Crippen LogP contribution in [-0.2, 0) is 6.54 Å². The second kappa shape index (κ2) is 5.99. The molecule has 1 amide bonds. The van der Waals surface area contributed by atoms with Gasteiger partial charge in [-0.15, -0.1) is 5.10 Å². The maximum Gasteiger partial charge on any atom is 0.358 e. The molecule has 110 valence electrons. The lowest BCUT2D eigenvalue weighted by Crippen LogP contribution is -2.28. The molecule has 0 fully saturated rings. The highest BCUT2D eigenvalue weighted by atomic mass is 19.1. The average molecular weight is 293 g/mol. The van der Waals surface area contributed by atoms with Crippen molar-refractivity contribution in [2.24, 2.45) is 0 Å². The largest absolute Gasteiger partial charge is 0.476 e. The van der Waals surface area contributed by atoms with Gasteiger partial charge in [-0.2, -0.15) is 0 Å². The Balaban J connectivity index is 1.92. The Hall–Kier alpha value is -2.97. The fraction of sp³-hybridized carbons (Fsp3) is 0.167. The van der Waals surface area contributed by atoms with E-state index in [-0.39, 0.29) is 30.0 Å². The molecule has 9 heteroatoms. The van der Waals surface area contributed by atoms with E-state index in [1.54, 1.807) is 0 Å². The summed E-state index contributed by atoms with van der Waals surface area (Å²) >= 11 is 0. The van der Waals surface area contributed by atoms with Crippen LogP contribution in [0.5, 0.6) is 0 Å². The van der Waals surface area contributed by atoms with Crippen molar-refractivity contribution in [1.29, 1.82) is 0 Å². The summed E-state index contributed by atoms with van der Waals surface area (Å²) < 4.78 is 14.5. The molecule has 0 aliphatic carbocycles. The number of hydrogen-bond donors (Lipinski definition) is 3. The van der Waals surface area contributed by atoms with Gasteiger partial charge in [0.1, 0.15) is 5.82 Å². The molecule has 8 nitrogen and oxygen atoms in total. The Bertz CT molecular complexity index is 685. The molecule has 21 heavy (non-hydrogen) atoms. The number of aromatic nitrogens is 3. The highest BCUT2D eigenvalue weighted by Crippen LogP contribution is 2.15. The van der Waals surface area contributed by atoms with E-state index in [1.807, 2.05) is 0 Å². The van der Waals surface area contributed by atoms with Crippen molar-refractivity contribution in [3.63, 3.8) is 0 Å². The molecular weight excluding hydrogens is 281 g/mol. The molecule has 1 aromatic heterocycles. The van der Waals surface area contributed by atoms with Gasteiger partial charge in [-0.25, -0.2) is 13.9 Å². The number of hydrogen-bond acceptors (Lipinski definition) is 5. The number of nitrogen functional groups attached to an aromatic ring is 1. The number of aromatic carboxylic acids is 1. The minimum absolute atomic E-state index is 0.0415. The molecule has 0 aliphatic heterocycles. The smallest absolute Gasteiger partial charge is 0.358 e. The monoisotopic (exact) mass is 293 g/mol. The van der Waals surface area contributed by atoms with E-state index < -0.39 is 17.7 Å². The molecule has 0 spiro atoms. The van der Waals surface area contributed by atoms with Gasteiger partial charge >= 0.3 is 5.97 Å². The van der Waals surface area contributed by atoms with Crippen molar-refractivity contribution in [2.45, 2.75) is 6.54 Å². The van der Waals surface area contributed by atoms with Gasteiger partial charge in [-0.3, -0.25) is 4.79 Å². The van der Waals surface area contributed by atoms with Crippen LogP contribution >= 0.6 is 0 Å². The summed E-state index contributed by atoms with van der Waals surface area (Å²) in [5.74, 6) is -2.37. The minimum Gasteiger partial charge on any atom is -0.476 e. The summed E-state index contributed by atoms with van der Waals surface area (Å²) in [5.41, 5.74) is 5.11. The van der Waals surface area contributed by atoms with Crippen LogP contribution in [0.3, 0.4) is 0 Å². The number of benzene rings is 1. The van der Waals surface area contributed by atoms with E-state index in [0.717, 1.165) is 6.07 Å². The zero-order valence-corrected chi connectivity index (χ0v) is 10.8. The number of amides is 1. The number of nitrogens with two attached hydrogens (primary N) is 1. The van der Waals surface area contributed by atoms with Gasteiger partial charge in [0.25, 0.3) is 5.91 Å². The van der Waals surface area contributed by atoms with Crippen molar-refractivity contribution in [1.82, 2.24) is 20.3 Å². The Kier molecular flexibility index (Phi) is 4.12. The lowest BCUT2D eigenvalue weighted by Gasteiger charge is -2.07. The lowest BCUT2D eigenvalue weighted by atomic mass is 10.1. The number of nitrogens with zero attached hydrogens (tertiary/aromatic N) is 3. The predicted octanol–water partition coefficient (Wildman–Crippen LogP) is 0.128. The van der Waals surface area contributed by atoms with Crippen LogP contribution in [0.1, 0.15) is 20.8 Å². The number of carbonyl (C=O) groups is 2. The molecule has 2 aromatic rings. The number of carbonyl (C=O) groups excluding carboxylic acids is 1. The van der Waals surface area contributed by atoms with Crippen molar-refractivity contribution in [3.05, 3.63) is 41.5 Å².